The summed E-state index contributed by atoms with van der Waals surface area (Å²) in [5.74, 6) is 0. The van der Waals surface area contributed by atoms with Crippen molar-refractivity contribution in [1.29, 1.82) is 0 Å². The van der Waals surface area contributed by atoms with Crippen LogP contribution < -0.4 is 0 Å². The minimum Gasteiger partial charge on any atom is -0.252 e. The van der Waals surface area contributed by atoms with Crippen molar-refractivity contribution in [2.45, 2.75) is 52.4 Å². The van der Waals surface area contributed by atoms with Crippen LogP contribution in [0.4, 0.5) is 0 Å². The molecule has 0 radical (unpaired) electrons. The molecule has 20 heavy (non-hydrogen) atoms. The maximum Gasteiger partial charge on any atom is 0.0705 e. The fourth-order valence-electron chi connectivity index (χ4n) is 2.15. The molecular formula is C19H25N. The number of rotatable bonds is 1. The lowest BCUT2D eigenvalue weighted by atomic mass is 9.86. The fraction of sp³-hybridized carbons (Fsp3) is 0.421. The molecule has 0 saturated heterocycles. The summed E-state index contributed by atoms with van der Waals surface area (Å²) in [5, 5.41) is 0. The lowest BCUT2D eigenvalue weighted by molar-refractivity contribution is 0.569. The minimum atomic E-state index is 0.0847. The normalized spacial score (nSPS) is 12.5. The second-order valence-electron chi connectivity index (χ2n) is 7.49. The zero-order valence-electron chi connectivity index (χ0n) is 13.5. The van der Waals surface area contributed by atoms with Crippen LogP contribution in [0, 0.1) is 0 Å². The topological polar surface area (TPSA) is 12.9 Å². The molecule has 0 unspecified atom stereocenters. The molecule has 0 fully saturated rings. The lowest BCUT2D eigenvalue weighted by Gasteiger charge is -2.20. The van der Waals surface area contributed by atoms with Crippen LogP contribution in [0.5, 0.6) is 0 Å². The second kappa shape index (κ2) is 5.05. The molecule has 1 aromatic carbocycles. The van der Waals surface area contributed by atoms with Gasteiger partial charge in [-0.1, -0.05) is 71.9 Å². The van der Waals surface area contributed by atoms with E-state index in [9.17, 15) is 0 Å². The summed E-state index contributed by atoms with van der Waals surface area (Å²) >= 11 is 0. The van der Waals surface area contributed by atoms with Crippen molar-refractivity contribution in [3.05, 3.63) is 53.7 Å². The molecule has 106 valence electrons. The Morgan fingerprint density at radius 1 is 0.700 bits per heavy atom. The molecule has 2 aromatic rings. The Hall–Kier alpha value is -1.63. The van der Waals surface area contributed by atoms with Crippen LogP contribution >= 0.6 is 0 Å². The van der Waals surface area contributed by atoms with E-state index in [1.165, 1.54) is 11.1 Å². The second-order valence-corrected chi connectivity index (χ2v) is 7.49. The molecule has 0 atom stereocenters. The monoisotopic (exact) mass is 267 g/mol. The van der Waals surface area contributed by atoms with E-state index in [-0.39, 0.29) is 10.8 Å². The van der Waals surface area contributed by atoms with Gasteiger partial charge >= 0.3 is 0 Å². The van der Waals surface area contributed by atoms with Crippen molar-refractivity contribution < 1.29 is 0 Å². The van der Waals surface area contributed by atoms with Gasteiger partial charge < -0.3 is 0 Å². The maximum atomic E-state index is 4.81. The minimum absolute atomic E-state index is 0.0847. The van der Waals surface area contributed by atoms with Crippen molar-refractivity contribution in [2.75, 3.05) is 0 Å². The predicted molar refractivity (Wildman–Crippen MR) is 87.1 cm³/mol. The molecule has 0 spiro atoms. The molecule has 1 heteroatoms. The highest BCUT2D eigenvalue weighted by Crippen LogP contribution is 2.27. The van der Waals surface area contributed by atoms with Crippen LogP contribution in [-0.2, 0) is 10.8 Å². The number of hydrogen-bond acceptors (Lipinski definition) is 1. The Bertz CT molecular complexity index is 580. The summed E-state index contributed by atoms with van der Waals surface area (Å²) in [6.45, 7) is 13.3. The van der Waals surface area contributed by atoms with Crippen LogP contribution in [0.2, 0.25) is 0 Å². The molecule has 2 rings (SSSR count). The highest BCUT2D eigenvalue weighted by molar-refractivity contribution is 5.60. The smallest absolute Gasteiger partial charge is 0.0705 e. The van der Waals surface area contributed by atoms with Crippen LogP contribution in [-0.4, -0.2) is 4.98 Å². The zero-order valence-corrected chi connectivity index (χ0v) is 13.5. The Kier molecular flexibility index (Phi) is 3.73. The first-order valence-corrected chi connectivity index (χ1v) is 7.26. The maximum absolute atomic E-state index is 4.81. The van der Waals surface area contributed by atoms with E-state index in [1.807, 2.05) is 0 Å². The molecule has 1 nitrogen and oxygen atoms in total. The summed E-state index contributed by atoms with van der Waals surface area (Å²) in [6.07, 6.45) is 0. The number of aromatic nitrogens is 1. The Morgan fingerprint density at radius 3 is 1.80 bits per heavy atom. The molecule has 1 aromatic heterocycles. The number of benzene rings is 1. The largest absolute Gasteiger partial charge is 0.252 e. The molecule has 0 aliphatic heterocycles. The standard InChI is InChI=1S/C19H25N/c1-18(2,3)15-12-10-14(11-13-15)16-8-7-9-17(20-16)19(4,5)6/h7-13H,1-6H3. The van der Waals surface area contributed by atoms with E-state index in [2.05, 4.69) is 84.0 Å². The lowest BCUT2D eigenvalue weighted by Crippen LogP contribution is -2.13. The fourth-order valence-corrected chi connectivity index (χ4v) is 2.15. The molecular weight excluding hydrogens is 242 g/mol. The molecule has 0 aliphatic carbocycles. The van der Waals surface area contributed by atoms with Gasteiger partial charge in [0.2, 0.25) is 0 Å². The summed E-state index contributed by atoms with van der Waals surface area (Å²) in [4.78, 5) is 4.81. The van der Waals surface area contributed by atoms with Crippen molar-refractivity contribution in [1.82, 2.24) is 4.98 Å². The highest BCUT2D eigenvalue weighted by atomic mass is 14.7. The SMILES string of the molecule is CC(C)(C)c1ccc(-c2cccc(C(C)(C)C)n2)cc1. The third-order valence-corrected chi connectivity index (χ3v) is 3.56. The molecule has 0 amide bonds. The van der Waals surface area contributed by atoms with Gasteiger partial charge in [0.15, 0.2) is 0 Å². The van der Waals surface area contributed by atoms with E-state index in [0.29, 0.717) is 0 Å². The van der Waals surface area contributed by atoms with Gasteiger partial charge in [-0.2, -0.15) is 0 Å². The summed E-state index contributed by atoms with van der Waals surface area (Å²) in [5.41, 5.74) is 5.01. The molecule has 0 aliphatic rings. The van der Waals surface area contributed by atoms with Gasteiger partial charge in [-0.3, -0.25) is 4.98 Å². The predicted octanol–water partition coefficient (Wildman–Crippen LogP) is 5.34. The molecule has 0 saturated carbocycles. The van der Waals surface area contributed by atoms with E-state index < -0.39 is 0 Å². The van der Waals surface area contributed by atoms with Crippen molar-refractivity contribution >= 4 is 0 Å². The number of hydrogen-bond donors (Lipinski definition) is 0. The number of nitrogens with zero attached hydrogens (tertiary/aromatic N) is 1. The third-order valence-electron chi connectivity index (χ3n) is 3.56. The van der Waals surface area contributed by atoms with Gasteiger partial charge in [0.25, 0.3) is 0 Å². The molecule has 0 bridgehead atoms. The van der Waals surface area contributed by atoms with Crippen molar-refractivity contribution in [3.63, 3.8) is 0 Å². The Labute approximate surface area is 123 Å². The van der Waals surface area contributed by atoms with Crippen LogP contribution in [0.1, 0.15) is 52.8 Å². The van der Waals surface area contributed by atoms with Gasteiger partial charge in [-0.05, 0) is 23.1 Å². The molecule has 1 heterocycles. The quantitative estimate of drug-likeness (QED) is 0.679. The van der Waals surface area contributed by atoms with E-state index in [1.54, 1.807) is 0 Å². The average molecular weight is 267 g/mol. The van der Waals surface area contributed by atoms with Gasteiger partial charge in [0.1, 0.15) is 0 Å². The first-order valence-electron chi connectivity index (χ1n) is 7.26. The average Bonchev–Trinajstić information content (AvgIpc) is 2.37. The van der Waals surface area contributed by atoms with Crippen molar-refractivity contribution in [3.8, 4) is 11.3 Å². The highest BCUT2D eigenvalue weighted by Gasteiger charge is 2.16. The number of pyridine rings is 1. The first kappa shape index (κ1) is 14.8. The van der Waals surface area contributed by atoms with E-state index >= 15 is 0 Å². The Morgan fingerprint density at radius 2 is 1.30 bits per heavy atom. The van der Waals surface area contributed by atoms with Crippen molar-refractivity contribution in [2.24, 2.45) is 0 Å². The summed E-state index contributed by atoms with van der Waals surface area (Å²) < 4.78 is 0. The molecule has 0 N–H and O–H groups in total. The summed E-state index contributed by atoms with van der Waals surface area (Å²) in [6, 6.07) is 15.1. The van der Waals surface area contributed by atoms with Gasteiger partial charge in [0, 0.05) is 16.7 Å². The van der Waals surface area contributed by atoms with E-state index in [0.717, 1.165) is 11.4 Å². The first-order chi connectivity index (χ1) is 9.18. The van der Waals surface area contributed by atoms with Crippen LogP contribution in [0.25, 0.3) is 11.3 Å². The van der Waals surface area contributed by atoms with Gasteiger partial charge in [-0.15, -0.1) is 0 Å². The zero-order chi connectivity index (χ0) is 15.0. The van der Waals surface area contributed by atoms with Gasteiger partial charge in [-0.25, -0.2) is 0 Å². The van der Waals surface area contributed by atoms with Crippen LogP contribution in [0.3, 0.4) is 0 Å². The Balaban J connectivity index is 2.38. The van der Waals surface area contributed by atoms with Gasteiger partial charge in [0.05, 0.1) is 5.69 Å². The third kappa shape index (κ3) is 3.27. The summed E-state index contributed by atoms with van der Waals surface area (Å²) in [7, 11) is 0. The van der Waals surface area contributed by atoms with E-state index in [4.69, 9.17) is 4.98 Å². The van der Waals surface area contributed by atoms with Crippen LogP contribution in [0.15, 0.2) is 42.5 Å².